The van der Waals surface area contributed by atoms with Crippen LogP contribution in [0.3, 0.4) is 0 Å². The molecule has 0 spiro atoms. The molecule has 1 atom stereocenters. The third-order valence-corrected chi connectivity index (χ3v) is 5.70. The summed E-state index contributed by atoms with van der Waals surface area (Å²) in [6.45, 7) is 11.7. The van der Waals surface area contributed by atoms with Crippen molar-refractivity contribution >= 4 is 34.2 Å². The van der Waals surface area contributed by atoms with E-state index in [1.54, 1.807) is 4.90 Å². The quantitative estimate of drug-likeness (QED) is 0.714. The van der Waals surface area contributed by atoms with Gasteiger partial charge in [0.15, 0.2) is 0 Å². The van der Waals surface area contributed by atoms with Crippen molar-refractivity contribution in [3.05, 3.63) is 28.8 Å². The zero-order valence-corrected chi connectivity index (χ0v) is 16.1. The lowest BCUT2D eigenvalue weighted by Crippen LogP contribution is -2.31. The number of hydrogen-bond acceptors (Lipinski definition) is 4. The molecule has 0 aliphatic carbocycles. The highest BCUT2D eigenvalue weighted by Crippen LogP contribution is 2.34. The Bertz CT molecular complexity index is 613. The second-order valence-electron chi connectivity index (χ2n) is 6.06. The molecule has 0 unspecified atom stereocenters. The summed E-state index contributed by atoms with van der Waals surface area (Å²) in [7, 11) is 0. The van der Waals surface area contributed by atoms with E-state index in [9.17, 15) is 4.79 Å². The Balaban J connectivity index is 2.28. The zero-order valence-electron chi connectivity index (χ0n) is 14.5. The van der Waals surface area contributed by atoms with Crippen molar-refractivity contribution in [1.29, 1.82) is 0 Å². The highest BCUT2D eigenvalue weighted by Gasteiger charge is 2.36. The largest absolute Gasteiger partial charge is 0.494 e. The number of nitrogens with zero attached hydrogens (tertiary/aromatic N) is 1. The van der Waals surface area contributed by atoms with Crippen LogP contribution in [0.1, 0.15) is 50.3 Å². The number of hydrogen-bond donors (Lipinski definition) is 0. The van der Waals surface area contributed by atoms with Crippen LogP contribution in [0.5, 0.6) is 5.75 Å². The molecule has 0 N–H and O–H groups in total. The molecular formula is C18H25NO2S2. The molecule has 0 aromatic heterocycles. The number of thiocarbonyl (C=S) groups is 1. The molecule has 1 amide bonds. The summed E-state index contributed by atoms with van der Waals surface area (Å²) in [5, 5.41) is -0.0981. The van der Waals surface area contributed by atoms with Crippen LogP contribution in [0, 0.1) is 6.92 Å². The number of thioether (sulfide) groups is 1. The summed E-state index contributed by atoms with van der Waals surface area (Å²) < 4.78 is 6.48. The molecule has 5 heteroatoms. The molecular weight excluding hydrogens is 326 g/mol. The van der Waals surface area contributed by atoms with Crippen molar-refractivity contribution in [3.8, 4) is 5.75 Å². The van der Waals surface area contributed by atoms with Crippen LogP contribution < -0.4 is 4.74 Å². The molecule has 126 valence electrons. The molecule has 1 aromatic carbocycles. The number of carbonyl (C=O) groups is 1. The van der Waals surface area contributed by atoms with E-state index >= 15 is 0 Å². The fourth-order valence-corrected chi connectivity index (χ4v) is 4.46. The van der Waals surface area contributed by atoms with Crippen molar-refractivity contribution in [2.45, 2.75) is 52.2 Å². The Labute approximate surface area is 148 Å². The molecule has 1 aliphatic rings. The fourth-order valence-electron chi connectivity index (χ4n) is 2.81. The van der Waals surface area contributed by atoms with Gasteiger partial charge in [-0.1, -0.05) is 43.9 Å². The molecule has 1 fully saturated rings. The normalized spacial score (nSPS) is 18.2. The molecule has 0 bridgehead atoms. The van der Waals surface area contributed by atoms with E-state index in [2.05, 4.69) is 32.9 Å². The average Bonchev–Trinajstić information content (AvgIpc) is 2.75. The van der Waals surface area contributed by atoms with Gasteiger partial charge < -0.3 is 4.74 Å². The number of benzene rings is 1. The summed E-state index contributed by atoms with van der Waals surface area (Å²) in [6, 6.07) is 4.31. The third-order valence-electron chi connectivity index (χ3n) is 4.12. The second-order valence-corrected chi connectivity index (χ2v) is 7.90. The first-order valence-corrected chi connectivity index (χ1v) is 9.45. The van der Waals surface area contributed by atoms with E-state index in [-0.39, 0.29) is 11.2 Å². The van der Waals surface area contributed by atoms with Crippen LogP contribution in [-0.4, -0.2) is 33.5 Å². The number of rotatable bonds is 6. The molecule has 1 aromatic rings. The summed E-state index contributed by atoms with van der Waals surface area (Å²) in [4.78, 5) is 14.2. The van der Waals surface area contributed by atoms with Gasteiger partial charge in [-0.05, 0) is 55.9 Å². The van der Waals surface area contributed by atoms with E-state index < -0.39 is 0 Å². The number of aryl methyl sites for hydroxylation is 1. The maximum atomic E-state index is 12.4. The van der Waals surface area contributed by atoms with Gasteiger partial charge in [-0.2, -0.15) is 0 Å². The van der Waals surface area contributed by atoms with Crippen molar-refractivity contribution in [1.82, 2.24) is 4.90 Å². The maximum Gasteiger partial charge on any atom is 0.241 e. The molecule has 0 radical (unpaired) electrons. The van der Waals surface area contributed by atoms with Gasteiger partial charge in [0, 0.05) is 6.54 Å². The topological polar surface area (TPSA) is 29.5 Å². The van der Waals surface area contributed by atoms with Crippen molar-refractivity contribution < 1.29 is 9.53 Å². The predicted octanol–water partition coefficient (Wildman–Crippen LogP) is 4.31. The molecule has 1 heterocycles. The van der Waals surface area contributed by atoms with Gasteiger partial charge in [0.05, 0.1) is 11.9 Å². The van der Waals surface area contributed by atoms with Crippen LogP contribution in [0.2, 0.25) is 0 Å². The monoisotopic (exact) mass is 351 g/mol. The Morgan fingerprint density at radius 3 is 2.57 bits per heavy atom. The minimum absolute atomic E-state index is 0.0981. The van der Waals surface area contributed by atoms with Crippen LogP contribution in [0.25, 0.3) is 0 Å². The van der Waals surface area contributed by atoms with E-state index in [4.69, 9.17) is 17.0 Å². The van der Waals surface area contributed by atoms with E-state index in [1.165, 1.54) is 28.5 Å². The van der Waals surface area contributed by atoms with Crippen LogP contribution in [0.4, 0.5) is 0 Å². The SMILES string of the molecule is CCOc1cc(C)c(C[C@H]2SC(=S)N(CC)C2=O)cc1C(C)C. The van der Waals surface area contributed by atoms with Crippen molar-refractivity contribution in [2.75, 3.05) is 13.2 Å². The van der Waals surface area contributed by atoms with E-state index in [0.717, 1.165) is 12.2 Å². The smallest absolute Gasteiger partial charge is 0.241 e. The lowest BCUT2D eigenvalue weighted by molar-refractivity contribution is -0.125. The van der Waals surface area contributed by atoms with Gasteiger partial charge in [0.25, 0.3) is 0 Å². The lowest BCUT2D eigenvalue weighted by Gasteiger charge is -2.18. The summed E-state index contributed by atoms with van der Waals surface area (Å²) >= 11 is 6.83. The summed E-state index contributed by atoms with van der Waals surface area (Å²) in [6.07, 6.45) is 0.720. The third kappa shape index (κ3) is 3.89. The Morgan fingerprint density at radius 1 is 1.35 bits per heavy atom. The molecule has 23 heavy (non-hydrogen) atoms. The van der Waals surface area contributed by atoms with Gasteiger partial charge in [-0.3, -0.25) is 9.69 Å². The second kappa shape index (κ2) is 7.67. The van der Waals surface area contributed by atoms with Gasteiger partial charge in [0.1, 0.15) is 10.1 Å². The van der Waals surface area contributed by atoms with E-state index in [1.807, 2.05) is 13.8 Å². The molecule has 1 saturated heterocycles. The number of carbonyl (C=O) groups excluding carboxylic acids is 1. The van der Waals surface area contributed by atoms with Gasteiger partial charge in [-0.15, -0.1) is 0 Å². The van der Waals surface area contributed by atoms with E-state index in [0.29, 0.717) is 23.4 Å². The first-order valence-electron chi connectivity index (χ1n) is 8.17. The number of amides is 1. The Kier molecular flexibility index (Phi) is 6.09. The highest BCUT2D eigenvalue weighted by atomic mass is 32.2. The first kappa shape index (κ1) is 18.3. The summed E-state index contributed by atoms with van der Waals surface area (Å²) in [5.74, 6) is 1.48. The Morgan fingerprint density at radius 2 is 2.04 bits per heavy atom. The Hall–Kier alpha value is -1.07. The fraction of sp³-hybridized carbons (Fsp3) is 0.556. The van der Waals surface area contributed by atoms with Crippen LogP contribution in [0.15, 0.2) is 12.1 Å². The first-order chi connectivity index (χ1) is 10.9. The van der Waals surface area contributed by atoms with Crippen LogP contribution >= 0.6 is 24.0 Å². The molecule has 3 nitrogen and oxygen atoms in total. The molecule has 2 rings (SSSR count). The zero-order chi connectivity index (χ0) is 17.1. The predicted molar refractivity (Wildman–Crippen MR) is 102 cm³/mol. The number of ether oxygens (including phenoxy) is 1. The minimum Gasteiger partial charge on any atom is -0.494 e. The standard InChI is InChI=1S/C18H25NO2S2/c1-6-19-17(20)16(23-18(19)22)10-13-9-14(11(3)4)15(21-7-2)8-12(13)5/h8-9,11,16H,6-7,10H2,1-5H3/t16-/m1/s1. The van der Waals surface area contributed by atoms with Crippen molar-refractivity contribution in [2.24, 2.45) is 0 Å². The molecule has 1 aliphatic heterocycles. The van der Waals surface area contributed by atoms with Gasteiger partial charge in [0.2, 0.25) is 5.91 Å². The van der Waals surface area contributed by atoms with Gasteiger partial charge >= 0.3 is 0 Å². The van der Waals surface area contributed by atoms with Crippen molar-refractivity contribution in [3.63, 3.8) is 0 Å². The maximum absolute atomic E-state index is 12.4. The summed E-state index contributed by atoms with van der Waals surface area (Å²) in [5.41, 5.74) is 3.59. The lowest BCUT2D eigenvalue weighted by atomic mass is 9.94. The molecule has 0 saturated carbocycles. The highest BCUT2D eigenvalue weighted by molar-refractivity contribution is 8.24. The van der Waals surface area contributed by atoms with Crippen LogP contribution in [-0.2, 0) is 11.2 Å². The minimum atomic E-state index is -0.0981. The average molecular weight is 352 g/mol. The van der Waals surface area contributed by atoms with Gasteiger partial charge in [-0.25, -0.2) is 0 Å².